The molecule has 1 amide bonds. The molecule has 1 heterocycles. The van der Waals surface area contributed by atoms with E-state index < -0.39 is 0 Å². The lowest BCUT2D eigenvalue weighted by Gasteiger charge is -2.24. The first-order valence-electron chi connectivity index (χ1n) is 7.08. The molecular formula is C15H23N3O. The average Bonchev–Trinajstić information content (AvgIpc) is 2.72. The molecule has 0 aromatic heterocycles. The fourth-order valence-electron chi connectivity index (χ4n) is 2.64. The third kappa shape index (κ3) is 2.73. The van der Waals surface area contributed by atoms with Crippen LogP contribution in [0, 0.1) is 0 Å². The van der Waals surface area contributed by atoms with E-state index in [1.165, 1.54) is 5.69 Å². The van der Waals surface area contributed by atoms with Crippen molar-refractivity contribution < 1.29 is 4.79 Å². The number of hydrogen-bond donors (Lipinski definition) is 2. The van der Waals surface area contributed by atoms with Crippen LogP contribution in [-0.4, -0.2) is 26.0 Å². The van der Waals surface area contributed by atoms with Gasteiger partial charge in [-0.05, 0) is 32.0 Å². The number of anilines is 2. The number of carbonyl (C=O) groups is 1. The first-order chi connectivity index (χ1) is 9.21. The van der Waals surface area contributed by atoms with Crippen LogP contribution >= 0.6 is 0 Å². The van der Waals surface area contributed by atoms with Gasteiger partial charge in [-0.25, -0.2) is 0 Å². The van der Waals surface area contributed by atoms with Crippen LogP contribution in [0.15, 0.2) is 18.2 Å². The molecule has 1 unspecified atom stereocenters. The minimum Gasteiger partial charge on any atom is -0.371 e. The number of benzene rings is 1. The summed E-state index contributed by atoms with van der Waals surface area (Å²) in [5.41, 5.74) is 3.18. The van der Waals surface area contributed by atoms with E-state index in [9.17, 15) is 4.79 Å². The van der Waals surface area contributed by atoms with Gasteiger partial charge in [0.1, 0.15) is 6.04 Å². The smallest absolute Gasteiger partial charge is 0.246 e. The van der Waals surface area contributed by atoms with Crippen molar-refractivity contribution in [2.45, 2.75) is 32.7 Å². The normalized spacial score (nSPS) is 17.2. The van der Waals surface area contributed by atoms with Crippen molar-refractivity contribution in [1.82, 2.24) is 5.32 Å². The molecule has 4 heteroatoms. The number of nitrogens with one attached hydrogen (secondary N) is 2. The van der Waals surface area contributed by atoms with E-state index in [1.807, 2.05) is 7.05 Å². The van der Waals surface area contributed by atoms with E-state index in [-0.39, 0.29) is 11.9 Å². The number of carbonyl (C=O) groups excluding carboxylic acids is 1. The molecule has 1 aliphatic rings. The van der Waals surface area contributed by atoms with Gasteiger partial charge in [-0.3, -0.25) is 4.79 Å². The Morgan fingerprint density at radius 3 is 2.53 bits per heavy atom. The van der Waals surface area contributed by atoms with Crippen molar-refractivity contribution >= 4 is 17.3 Å². The van der Waals surface area contributed by atoms with Gasteiger partial charge in [-0.2, -0.15) is 0 Å². The van der Waals surface area contributed by atoms with Crippen LogP contribution in [0.25, 0.3) is 0 Å². The van der Waals surface area contributed by atoms with Gasteiger partial charge in [0.15, 0.2) is 0 Å². The van der Waals surface area contributed by atoms with Crippen LogP contribution in [0.2, 0.25) is 0 Å². The van der Waals surface area contributed by atoms with Crippen LogP contribution < -0.4 is 15.5 Å². The van der Waals surface area contributed by atoms with Crippen molar-refractivity contribution in [3.8, 4) is 0 Å². The first kappa shape index (κ1) is 13.9. The van der Waals surface area contributed by atoms with Crippen molar-refractivity contribution in [3.05, 3.63) is 23.8 Å². The van der Waals surface area contributed by atoms with Crippen LogP contribution in [0.1, 0.15) is 38.3 Å². The highest BCUT2D eigenvalue weighted by atomic mass is 16.2. The molecule has 2 rings (SSSR count). The first-order valence-corrected chi connectivity index (χ1v) is 7.08. The molecule has 0 fully saturated rings. The number of likely N-dealkylation sites (N-methyl/N-ethyl adjacent to an activating group) is 1. The second kappa shape index (κ2) is 6.06. The standard InChI is InChI=1S/C15H23N3O/c1-4-8-18(9-5-2)11-6-7-12-13(10-11)17-15(19)14(12)16-3/h6-7,10,14,16H,4-5,8-9H2,1-3H3,(H,17,19). The van der Waals surface area contributed by atoms with Crippen molar-refractivity contribution in [3.63, 3.8) is 0 Å². The maximum atomic E-state index is 11.8. The Hall–Kier alpha value is -1.55. The van der Waals surface area contributed by atoms with Gasteiger partial charge in [0.05, 0.1) is 0 Å². The fourth-order valence-corrected chi connectivity index (χ4v) is 2.64. The van der Waals surface area contributed by atoms with E-state index in [0.717, 1.165) is 37.2 Å². The Morgan fingerprint density at radius 2 is 1.95 bits per heavy atom. The van der Waals surface area contributed by atoms with Crippen molar-refractivity contribution in [2.75, 3.05) is 30.4 Å². The lowest BCUT2D eigenvalue weighted by molar-refractivity contribution is -0.117. The average molecular weight is 261 g/mol. The second-order valence-corrected chi connectivity index (χ2v) is 4.97. The lowest BCUT2D eigenvalue weighted by atomic mass is 10.1. The Balaban J connectivity index is 2.26. The van der Waals surface area contributed by atoms with Gasteiger partial charge in [-0.1, -0.05) is 19.9 Å². The van der Waals surface area contributed by atoms with Crippen LogP contribution in [0.3, 0.4) is 0 Å². The summed E-state index contributed by atoms with van der Waals surface area (Å²) in [6, 6.07) is 6.06. The Kier molecular flexibility index (Phi) is 4.43. The Bertz CT molecular complexity index is 453. The SMILES string of the molecule is CCCN(CCC)c1ccc2c(c1)NC(=O)C2NC. The van der Waals surface area contributed by atoms with Gasteiger partial charge in [0.25, 0.3) is 0 Å². The fraction of sp³-hybridized carbons (Fsp3) is 0.533. The summed E-state index contributed by atoms with van der Waals surface area (Å²) in [5.74, 6) is 0.0344. The molecule has 1 aliphatic heterocycles. The molecule has 1 aromatic rings. The maximum Gasteiger partial charge on any atom is 0.246 e. The van der Waals surface area contributed by atoms with Gasteiger partial charge in [0.2, 0.25) is 5.91 Å². The molecule has 2 N–H and O–H groups in total. The molecule has 0 radical (unpaired) electrons. The molecule has 1 atom stereocenters. The minimum absolute atomic E-state index is 0.0344. The third-order valence-corrected chi connectivity index (χ3v) is 3.51. The highest BCUT2D eigenvalue weighted by Gasteiger charge is 2.29. The van der Waals surface area contributed by atoms with Gasteiger partial charge in [-0.15, -0.1) is 0 Å². The monoisotopic (exact) mass is 261 g/mol. The van der Waals surface area contributed by atoms with E-state index in [1.54, 1.807) is 0 Å². The molecule has 4 nitrogen and oxygen atoms in total. The van der Waals surface area contributed by atoms with Crippen molar-refractivity contribution in [1.29, 1.82) is 0 Å². The predicted molar refractivity (Wildman–Crippen MR) is 79.7 cm³/mol. The largest absolute Gasteiger partial charge is 0.371 e. The summed E-state index contributed by atoms with van der Waals surface area (Å²) < 4.78 is 0. The summed E-state index contributed by atoms with van der Waals surface area (Å²) in [6.45, 7) is 6.48. The molecule has 1 aromatic carbocycles. The predicted octanol–water partition coefficient (Wildman–Crippen LogP) is 2.53. The number of nitrogens with zero attached hydrogens (tertiary/aromatic N) is 1. The molecule has 0 aliphatic carbocycles. The van der Waals surface area contributed by atoms with Crippen molar-refractivity contribution in [2.24, 2.45) is 0 Å². The van der Waals surface area contributed by atoms with E-state index in [4.69, 9.17) is 0 Å². The highest BCUT2D eigenvalue weighted by Crippen LogP contribution is 2.33. The summed E-state index contributed by atoms with van der Waals surface area (Å²) in [7, 11) is 1.81. The number of amides is 1. The molecule has 0 saturated heterocycles. The van der Waals surface area contributed by atoms with E-state index in [0.29, 0.717) is 0 Å². The van der Waals surface area contributed by atoms with Crippen LogP contribution in [0.4, 0.5) is 11.4 Å². The van der Waals surface area contributed by atoms with E-state index in [2.05, 4.69) is 47.6 Å². The molecular weight excluding hydrogens is 238 g/mol. The Morgan fingerprint density at radius 1 is 1.26 bits per heavy atom. The summed E-state index contributed by atoms with van der Waals surface area (Å²) in [6.07, 6.45) is 2.26. The summed E-state index contributed by atoms with van der Waals surface area (Å²) in [4.78, 5) is 14.2. The van der Waals surface area contributed by atoms with E-state index >= 15 is 0 Å². The molecule has 19 heavy (non-hydrogen) atoms. The third-order valence-electron chi connectivity index (χ3n) is 3.51. The quantitative estimate of drug-likeness (QED) is 0.827. The summed E-state index contributed by atoms with van der Waals surface area (Å²) in [5, 5.41) is 5.99. The van der Waals surface area contributed by atoms with Crippen LogP contribution in [0.5, 0.6) is 0 Å². The molecule has 0 bridgehead atoms. The number of fused-ring (bicyclic) bond motifs is 1. The second-order valence-electron chi connectivity index (χ2n) is 4.97. The number of rotatable bonds is 6. The molecule has 0 spiro atoms. The topological polar surface area (TPSA) is 44.4 Å². The van der Waals surface area contributed by atoms with Gasteiger partial charge in [0, 0.05) is 30.0 Å². The molecule has 0 saturated carbocycles. The zero-order valence-electron chi connectivity index (χ0n) is 12.0. The maximum absolute atomic E-state index is 11.8. The van der Waals surface area contributed by atoms with Gasteiger partial charge < -0.3 is 15.5 Å². The van der Waals surface area contributed by atoms with Gasteiger partial charge >= 0.3 is 0 Å². The zero-order valence-corrected chi connectivity index (χ0v) is 12.0. The lowest BCUT2D eigenvalue weighted by Crippen LogP contribution is -2.24. The summed E-state index contributed by atoms with van der Waals surface area (Å²) >= 11 is 0. The minimum atomic E-state index is -0.213. The zero-order chi connectivity index (χ0) is 13.8. The highest BCUT2D eigenvalue weighted by molar-refractivity contribution is 6.03. The molecule has 104 valence electrons. The number of hydrogen-bond acceptors (Lipinski definition) is 3. The van der Waals surface area contributed by atoms with Crippen LogP contribution in [-0.2, 0) is 4.79 Å². The Labute approximate surface area is 115 Å².